The van der Waals surface area contributed by atoms with Crippen molar-refractivity contribution in [2.75, 3.05) is 0 Å². The van der Waals surface area contributed by atoms with Gasteiger partial charge in [-0.05, 0) is 16.9 Å². The maximum atomic E-state index is 9.28. The molecule has 0 aliphatic carbocycles. The second-order valence-corrected chi connectivity index (χ2v) is 2.46. The first kappa shape index (κ1) is 8.55. The monoisotopic (exact) mass is 167 g/mol. The Morgan fingerprint density at radius 2 is 2.17 bits per heavy atom. The molecule has 12 heavy (non-hydrogen) atoms. The van der Waals surface area contributed by atoms with Gasteiger partial charge in [0.1, 0.15) is 0 Å². The molecule has 2 rings (SSSR count). The number of phenolic OH excluding ortho intramolecular Hbond substituents is 1. The average molecular weight is 167 g/mol. The minimum atomic E-state index is 0. The van der Waals surface area contributed by atoms with Gasteiger partial charge < -0.3 is 10.6 Å². The number of fused-ring (bicyclic) bond motifs is 1. The molecule has 0 saturated carbocycles. The fourth-order valence-electron chi connectivity index (χ4n) is 1.11. The lowest BCUT2D eigenvalue weighted by Crippen LogP contribution is -2.22. The van der Waals surface area contributed by atoms with E-state index in [9.17, 15) is 5.11 Å². The summed E-state index contributed by atoms with van der Waals surface area (Å²) >= 11 is 0. The Bertz CT molecular complexity index is 394. The van der Waals surface area contributed by atoms with E-state index < -0.39 is 0 Å². The first-order valence-electron chi connectivity index (χ1n) is 3.35. The van der Waals surface area contributed by atoms with E-state index in [4.69, 9.17) is 4.52 Å². The second kappa shape index (κ2) is 2.83. The molecule has 0 spiro atoms. The molecule has 0 atom stereocenters. The summed E-state index contributed by atoms with van der Waals surface area (Å²) in [4.78, 5) is 0. The summed E-state index contributed by atoms with van der Waals surface area (Å²) in [6.45, 7) is 0. The standard InChI is InChI=1S/C8H7NO2.H2O/c1-9-5-6-3-2-4-7(10)8(6)11-9;/h2-5H,1H3;1H2. The molecule has 4 nitrogen and oxygen atoms in total. The van der Waals surface area contributed by atoms with E-state index in [1.54, 1.807) is 23.9 Å². The topological polar surface area (TPSA) is 67.2 Å². The summed E-state index contributed by atoms with van der Waals surface area (Å²) < 4.78 is 6.73. The van der Waals surface area contributed by atoms with Crippen LogP contribution in [0, 0.1) is 0 Å². The Balaban J connectivity index is 0.000000720. The van der Waals surface area contributed by atoms with Gasteiger partial charge in [-0.15, -0.1) is 0 Å². The van der Waals surface area contributed by atoms with E-state index in [1.807, 2.05) is 12.3 Å². The molecule has 0 aliphatic heterocycles. The lowest BCUT2D eigenvalue weighted by molar-refractivity contribution is -0.841. The molecule has 0 radical (unpaired) electrons. The Kier molecular flexibility index (Phi) is 2.01. The zero-order valence-electron chi connectivity index (χ0n) is 6.56. The van der Waals surface area contributed by atoms with Crippen molar-refractivity contribution in [3.05, 3.63) is 24.4 Å². The normalized spacial score (nSPS) is 9.75. The maximum Gasteiger partial charge on any atom is 0.258 e. The molecule has 64 valence electrons. The van der Waals surface area contributed by atoms with Crippen LogP contribution in [0.25, 0.3) is 11.0 Å². The van der Waals surface area contributed by atoms with E-state index in [0.29, 0.717) is 5.58 Å². The fourth-order valence-corrected chi connectivity index (χ4v) is 1.11. The van der Waals surface area contributed by atoms with Crippen LogP contribution in [0.15, 0.2) is 28.9 Å². The average Bonchev–Trinajstić information content (AvgIpc) is 2.31. The van der Waals surface area contributed by atoms with Gasteiger partial charge in [0.25, 0.3) is 5.58 Å². The quantitative estimate of drug-likeness (QED) is 0.590. The number of aromatic hydroxyl groups is 1. The van der Waals surface area contributed by atoms with Crippen molar-refractivity contribution in [2.24, 2.45) is 7.05 Å². The molecule has 2 aromatic rings. The van der Waals surface area contributed by atoms with Crippen LogP contribution in [0.4, 0.5) is 0 Å². The Morgan fingerprint density at radius 3 is 2.83 bits per heavy atom. The van der Waals surface area contributed by atoms with Crippen LogP contribution < -0.4 is 4.74 Å². The molecule has 1 aromatic carbocycles. The van der Waals surface area contributed by atoms with Gasteiger partial charge >= 0.3 is 0 Å². The molecule has 0 unspecified atom stereocenters. The first-order chi connectivity index (χ1) is 5.27. The zero-order valence-corrected chi connectivity index (χ0v) is 6.56. The summed E-state index contributed by atoms with van der Waals surface area (Å²) in [5.74, 6) is 0.183. The largest absolute Gasteiger partial charge is 0.870 e. The lowest BCUT2D eigenvalue weighted by atomic mass is 10.2. The number of phenols is 1. The number of benzene rings is 1. The molecule has 1 aromatic heterocycles. The van der Waals surface area contributed by atoms with Crippen LogP contribution in [0.3, 0.4) is 0 Å². The van der Waals surface area contributed by atoms with Gasteiger partial charge in [-0.2, -0.15) is 0 Å². The number of para-hydroxylation sites is 1. The molecule has 2 N–H and O–H groups in total. The van der Waals surface area contributed by atoms with Gasteiger partial charge in [0.15, 0.2) is 12.8 Å². The molecule has 0 aliphatic rings. The van der Waals surface area contributed by atoms with E-state index in [2.05, 4.69) is 0 Å². The Labute approximate surface area is 68.9 Å². The van der Waals surface area contributed by atoms with E-state index in [1.165, 1.54) is 0 Å². The van der Waals surface area contributed by atoms with Crippen LogP contribution in [0.5, 0.6) is 5.75 Å². The van der Waals surface area contributed by atoms with Crippen LogP contribution in [0.2, 0.25) is 0 Å². The van der Waals surface area contributed by atoms with Crippen molar-refractivity contribution in [3.63, 3.8) is 0 Å². The second-order valence-electron chi connectivity index (χ2n) is 2.46. The summed E-state index contributed by atoms with van der Waals surface area (Å²) in [6.07, 6.45) is 1.81. The maximum absolute atomic E-state index is 9.28. The fraction of sp³-hybridized carbons (Fsp3) is 0.125. The van der Waals surface area contributed by atoms with Gasteiger partial charge in [-0.25, -0.2) is 4.52 Å². The third kappa shape index (κ3) is 1.12. The van der Waals surface area contributed by atoms with Crippen LogP contribution in [-0.2, 0) is 7.05 Å². The highest BCUT2D eigenvalue weighted by Crippen LogP contribution is 2.21. The van der Waals surface area contributed by atoms with Crippen LogP contribution in [0.1, 0.15) is 0 Å². The predicted molar refractivity (Wildman–Crippen MR) is 41.0 cm³/mol. The first-order valence-corrected chi connectivity index (χ1v) is 3.35. The van der Waals surface area contributed by atoms with Gasteiger partial charge in [-0.1, -0.05) is 6.07 Å². The van der Waals surface area contributed by atoms with Crippen LogP contribution >= 0.6 is 0 Å². The minimum absolute atomic E-state index is 0. The molecule has 0 saturated heterocycles. The predicted octanol–water partition coefficient (Wildman–Crippen LogP) is 0.786. The molecule has 4 heteroatoms. The number of hydrogen-bond acceptors (Lipinski definition) is 3. The van der Waals surface area contributed by atoms with Gasteiger partial charge in [-0.3, -0.25) is 0 Å². The lowest BCUT2D eigenvalue weighted by Gasteiger charge is -1.85. The molecule has 0 bridgehead atoms. The van der Waals surface area contributed by atoms with Crippen LogP contribution in [-0.4, -0.2) is 10.6 Å². The summed E-state index contributed by atoms with van der Waals surface area (Å²) in [7, 11) is 1.78. The third-order valence-corrected chi connectivity index (χ3v) is 1.58. The molecule has 1 heterocycles. The van der Waals surface area contributed by atoms with E-state index in [0.717, 1.165) is 5.39 Å². The molecular formula is C8H9NO3. The van der Waals surface area contributed by atoms with Gasteiger partial charge in [0.05, 0.1) is 5.39 Å². The Morgan fingerprint density at radius 1 is 1.42 bits per heavy atom. The van der Waals surface area contributed by atoms with Crippen molar-refractivity contribution in [3.8, 4) is 5.75 Å². The smallest absolute Gasteiger partial charge is 0.258 e. The van der Waals surface area contributed by atoms with Crippen molar-refractivity contribution >= 4 is 11.0 Å². The van der Waals surface area contributed by atoms with Crippen molar-refractivity contribution in [1.29, 1.82) is 0 Å². The number of hydrogen-bond donors (Lipinski definition) is 1. The summed E-state index contributed by atoms with van der Waals surface area (Å²) in [5.41, 5.74) is 0.537. The highest BCUT2D eigenvalue weighted by molar-refractivity contribution is 5.80. The van der Waals surface area contributed by atoms with Gasteiger partial charge in [0, 0.05) is 0 Å². The molecule has 0 fully saturated rings. The number of aromatic nitrogens is 1. The summed E-state index contributed by atoms with van der Waals surface area (Å²) in [6, 6.07) is 5.28. The number of nitrogens with zero attached hydrogens (tertiary/aromatic N) is 1. The van der Waals surface area contributed by atoms with Crippen molar-refractivity contribution in [1.82, 2.24) is 0 Å². The van der Waals surface area contributed by atoms with E-state index >= 15 is 0 Å². The van der Waals surface area contributed by atoms with E-state index in [-0.39, 0.29) is 11.2 Å². The summed E-state index contributed by atoms with van der Waals surface area (Å²) in [5, 5.41) is 10.2. The Hall–Kier alpha value is -1.55. The third-order valence-electron chi connectivity index (χ3n) is 1.58. The number of rotatable bonds is 0. The minimum Gasteiger partial charge on any atom is -0.870 e. The van der Waals surface area contributed by atoms with Crippen molar-refractivity contribution < 1.29 is 19.8 Å². The van der Waals surface area contributed by atoms with Crippen molar-refractivity contribution in [2.45, 2.75) is 0 Å². The highest BCUT2D eigenvalue weighted by Gasteiger charge is 2.09. The van der Waals surface area contributed by atoms with Gasteiger partial charge in [0.2, 0.25) is 6.20 Å². The molecular weight excluding hydrogens is 158 g/mol. The SMILES string of the molecule is C[n+]1cc2cccc(O)c2o1.[OH-]. The zero-order chi connectivity index (χ0) is 7.84. The molecule has 0 amide bonds. The number of aryl methyl sites for hydroxylation is 1. The highest BCUT2D eigenvalue weighted by atomic mass is 16.5.